The number of thioether (sulfide) groups is 1. The van der Waals surface area contributed by atoms with E-state index in [1.54, 1.807) is 12.1 Å². The van der Waals surface area contributed by atoms with Crippen LogP contribution in [0.1, 0.15) is 48.2 Å². The zero-order valence-corrected chi connectivity index (χ0v) is 30.9. The van der Waals surface area contributed by atoms with E-state index in [0.29, 0.717) is 34.9 Å². The minimum atomic E-state index is -4.41. The largest absolute Gasteiger partial charge is 0.416 e. The number of fused-ring (bicyclic) bond motifs is 1. The summed E-state index contributed by atoms with van der Waals surface area (Å²) in [5, 5.41) is -0.671. The summed E-state index contributed by atoms with van der Waals surface area (Å²) in [7, 11) is 8.46. The van der Waals surface area contributed by atoms with Crippen LogP contribution in [0.15, 0.2) is 82.7 Å². The van der Waals surface area contributed by atoms with Crippen LogP contribution >= 0.6 is 11.8 Å². The number of benzene rings is 3. The zero-order valence-electron chi connectivity index (χ0n) is 30.1. The molecule has 264 valence electrons. The summed E-state index contributed by atoms with van der Waals surface area (Å²) in [6.45, 7) is 6.07. The van der Waals surface area contributed by atoms with Crippen molar-refractivity contribution < 1.29 is 22.4 Å². The van der Waals surface area contributed by atoms with Crippen molar-refractivity contribution in [2.24, 2.45) is 0 Å². The van der Waals surface area contributed by atoms with E-state index in [1.165, 1.54) is 36.0 Å². The molecule has 0 unspecified atom stereocenters. The van der Waals surface area contributed by atoms with Gasteiger partial charge in [-0.05, 0) is 89.5 Å². The second-order valence-corrected chi connectivity index (χ2v) is 15.0. The third-order valence-electron chi connectivity index (χ3n) is 10.6. The van der Waals surface area contributed by atoms with E-state index in [0.717, 1.165) is 54.0 Å². The van der Waals surface area contributed by atoms with Crippen molar-refractivity contribution in [3.63, 3.8) is 0 Å². The molecule has 1 aliphatic carbocycles. The number of nitrogens with zero attached hydrogens (tertiary/aromatic N) is 4. The first kappa shape index (κ1) is 38.5. The van der Waals surface area contributed by atoms with E-state index in [1.807, 2.05) is 33.7 Å². The van der Waals surface area contributed by atoms with Gasteiger partial charge in [-0.3, -0.25) is 9.59 Å². The molecule has 0 spiro atoms. The van der Waals surface area contributed by atoms with Crippen LogP contribution in [0, 0.1) is 5.82 Å². The number of likely N-dealkylation sites (N-methyl/N-ethyl adjacent to an activating group) is 1. The highest BCUT2D eigenvalue weighted by atomic mass is 32.2. The third-order valence-corrected chi connectivity index (χ3v) is 11.7. The Balaban J connectivity index is 1.49. The maximum absolute atomic E-state index is 14.8. The topological polar surface area (TPSA) is 58.4 Å². The fourth-order valence-electron chi connectivity index (χ4n) is 6.97. The molecule has 5 rings (SSSR count). The van der Waals surface area contributed by atoms with Crippen molar-refractivity contribution in [1.29, 1.82) is 0 Å². The molecule has 1 aliphatic rings. The highest BCUT2D eigenvalue weighted by molar-refractivity contribution is 7.98. The Morgan fingerprint density at radius 1 is 0.843 bits per heavy atom. The van der Waals surface area contributed by atoms with Gasteiger partial charge in [0.25, 0.3) is 5.56 Å². The average molecular weight is 714 g/mol. The second-order valence-electron chi connectivity index (χ2n) is 14.0. The van der Waals surface area contributed by atoms with Gasteiger partial charge in [-0.25, -0.2) is 4.39 Å². The summed E-state index contributed by atoms with van der Waals surface area (Å²) in [6.07, 6.45) is -2.31. The molecule has 0 bridgehead atoms. The van der Waals surface area contributed by atoms with Crippen LogP contribution in [0.4, 0.5) is 17.6 Å². The van der Waals surface area contributed by atoms with Crippen LogP contribution < -0.4 is 5.56 Å². The quantitative estimate of drug-likeness (QED) is 0.0924. The molecule has 0 aliphatic heterocycles. The molecule has 0 N–H and O–H groups in total. The number of rotatable bonds is 13. The maximum atomic E-state index is 14.8. The van der Waals surface area contributed by atoms with E-state index >= 15 is 0 Å². The van der Waals surface area contributed by atoms with Crippen LogP contribution in [-0.2, 0) is 42.7 Å². The van der Waals surface area contributed by atoms with Crippen LogP contribution in [0.3, 0.4) is 0 Å². The van der Waals surface area contributed by atoms with E-state index in [4.69, 9.17) is 0 Å². The van der Waals surface area contributed by atoms with Crippen molar-refractivity contribution in [1.82, 2.24) is 19.4 Å². The first-order valence-corrected chi connectivity index (χ1v) is 18.4. The normalized spacial score (nSPS) is 13.4. The van der Waals surface area contributed by atoms with Crippen molar-refractivity contribution in [2.45, 2.75) is 74.0 Å². The molecule has 0 atom stereocenters. The highest BCUT2D eigenvalue weighted by Gasteiger charge is 2.46. The number of alkyl halides is 3. The van der Waals surface area contributed by atoms with Gasteiger partial charge in [-0.15, -0.1) is 0 Å². The van der Waals surface area contributed by atoms with Crippen LogP contribution in [0.2, 0.25) is 0 Å². The molecule has 0 saturated carbocycles. The second kappa shape index (κ2) is 15.5. The Bertz CT molecular complexity index is 1900. The van der Waals surface area contributed by atoms with E-state index < -0.39 is 22.4 Å². The monoisotopic (exact) mass is 714 g/mol. The Labute approximate surface area is 305 Å². The van der Waals surface area contributed by atoms with Crippen molar-refractivity contribution in [3.05, 3.63) is 117 Å². The average Bonchev–Trinajstić information content (AvgIpc) is 3.60. The summed E-state index contributed by atoms with van der Waals surface area (Å²) < 4.78 is 54.9. The number of hydrogen-bond donors (Lipinski definition) is 0. The standard InChI is InChI=1S/C36H42B4F4N4O2S/c1-3-46(4-2)35(37,38)36(39,40)48(20-23-8-12-25(13-9-23)26-14-16-27(17-15-26)34(42,43)44)31(49)21-47-30-7-5-6-29(30)32(50)45-33(47)51-22-24-10-18-28(41)19-11-24/h8-19H,3-7,20-22,37-40H2,1-2H3. The van der Waals surface area contributed by atoms with Gasteiger partial charge in [0.15, 0.2) is 5.16 Å². The lowest BCUT2D eigenvalue weighted by Gasteiger charge is -2.55. The summed E-state index contributed by atoms with van der Waals surface area (Å²) in [4.78, 5) is 36.6. The fraction of sp³-hybridized carbons (Fsp3) is 0.361. The first-order chi connectivity index (χ1) is 24.1. The Morgan fingerprint density at radius 3 is 1.98 bits per heavy atom. The van der Waals surface area contributed by atoms with E-state index in [9.17, 15) is 27.2 Å². The molecule has 1 heterocycles. The molecule has 0 fully saturated rings. The van der Waals surface area contributed by atoms with Crippen LogP contribution in [0.25, 0.3) is 11.1 Å². The van der Waals surface area contributed by atoms with Crippen molar-refractivity contribution >= 4 is 49.1 Å². The summed E-state index contributed by atoms with van der Waals surface area (Å²) in [6, 6.07) is 18.8. The number of amides is 1. The molecule has 6 nitrogen and oxygen atoms in total. The van der Waals surface area contributed by atoms with Gasteiger partial charge in [0.1, 0.15) is 43.7 Å². The number of halogens is 4. The molecule has 51 heavy (non-hydrogen) atoms. The highest BCUT2D eigenvalue weighted by Crippen LogP contribution is 2.33. The van der Waals surface area contributed by atoms with Gasteiger partial charge in [0.05, 0.1) is 5.56 Å². The molecule has 1 amide bonds. The minimum Gasteiger partial charge on any atom is -0.347 e. The molecule has 1 aromatic heterocycles. The lowest BCUT2D eigenvalue weighted by Crippen LogP contribution is -2.74. The molecule has 3 aromatic carbocycles. The van der Waals surface area contributed by atoms with Crippen molar-refractivity contribution in [2.75, 3.05) is 13.1 Å². The number of carbonyl (C=O) groups is 1. The van der Waals surface area contributed by atoms with Crippen LogP contribution in [0.5, 0.6) is 0 Å². The van der Waals surface area contributed by atoms with Gasteiger partial charge in [-0.2, -0.15) is 18.2 Å². The zero-order chi connectivity index (χ0) is 37.1. The number of carbonyl (C=O) groups excluding carboxylic acids is 1. The number of aromatic nitrogens is 2. The molecule has 0 radical (unpaired) electrons. The van der Waals surface area contributed by atoms with Gasteiger partial charge in [0.2, 0.25) is 5.91 Å². The Hall–Kier alpha value is -3.70. The number of hydrogen-bond acceptors (Lipinski definition) is 5. The van der Waals surface area contributed by atoms with Gasteiger partial charge < -0.3 is 14.4 Å². The molecular weight excluding hydrogens is 672 g/mol. The lowest BCUT2D eigenvalue weighted by atomic mass is 9.36. The first-order valence-electron chi connectivity index (χ1n) is 17.4. The summed E-state index contributed by atoms with van der Waals surface area (Å²) >= 11 is 1.36. The molecular formula is C36H42B4F4N4O2S. The van der Waals surface area contributed by atoms with Crippen molar-refractivity contribution in [3.8, 4) is 11.1 Å². The van der Waals surface area contributed by atoms with Gasteiger partial charge >= 0.3 is 6.18 Å². The van der Waals surface area contributed by atoms with Crippen LogP contribution in [-0.4, -0.2) is 80.4 Å². The molecule has 0 saturated heterocycles. The molecule has 4 aromatic rings. The van der Waals surface area contributed by atoms with Gasteiger partial charge in [0, 0.05) is 23.6 Å². The SMILES string of the molecule is BC(B)(N(CC)CC)C(B)(B)N(Cc1ccc(-c2ccc(C(F)(F)F)cc2)cc1)C(=O)Cn1c(SCc2ccc(F)cc2)nc(=O)c2c1CCC2. The minimum absolute atomic E-state index is 0.0111. The summed E-state index contributed by atoms with van der Waals surface area (Å²) in [5.74, 6) is -0.00320. The Kier molecular flexibility index (Phi) is 11.7. The van der Waals surface area contributed by atoms with E-state index in [-0.39, 0.29) is 30.4 Å². The summed E-state index contributed by atoms with van der Waals surface area (Å²) in [5.41, 5.74) is 3.71. The Morgan fingerprint density at radius 2 is 1.41 bits per heavy atom. The predicted octanol–water partition coefficient (Wildman–Crippen LogP) is 3.06. The smallest absolute Gasteiger partial charge is 0.347 e. The van der Waals surface area contributed by atoms with E-state index in [2.05, 4.69) is 55.1 Å². The third kappa shape index (κ3) is 8.35. The molecule has 15 heteroatoms. The lowest BCUT2D eigenvalue weighted by molar-refractivity contribution is -0.137. The predicted molar refractivity (Wildman–Crippen MR) is 206 cm³/mol. The van der Waals surface area contributed by atoms with Gasteiger partial charge in [-0.1, -0.05) is 74.1 Å². The maximum Gasteiger partial charge on any atom is 0.416 e. The fourth-order valence-corrected chi connectivity index (χ4v) is 7.94.